The van der Waals surface area contributed by atoms with E-state index in [1.54, 1.807) is 6.20 Å². The van der Waals surface area contributed by atoms with Gasteiger partial charge in [-0.3, -0.25) is 9.59 Å². The standard InChI is InChI=1S/C25H26N4O2/c1-18(30)29(25(31)19-10-13-26-14-11-19)24-17-21(12-15-27-24)20-6-5-9-23(16-20)28-22-7-3-2-4-8-22/h2-9,12,15-17,19,26,28H,10-11,13-14H2,1H3. The number of nitrogens with zero attached hydrogens (tertiary/aromatic N) is 2. The number of carbonyl (C=O) groups excluding carboxylic acids is 2. The molecule has 2 N–H and O–H groups in total. The predicted molar refractivity (Wildman–Crippen MR) is 123 cm³/mol. The maximum Gasteiger partial charge on any atom is 0.238 e. The van der Waals surface area contributed by atoms with Crippen LogP contribution in [0, 0.1) is 5.92 Å². The van der Waals surface area contributed by atoms with Gasteiger partial charge in [0.05, 0.1) is 0 Å². The van der Waals surface area contributed by atoms with Crippen LogP contribution in [0.15, 0.2) is 72.9 Å². The molecule has 0 aliphatic carbocycles. The van der Waals surface area contributed by atoms with Crippen LogP contribution in [0.3, 0.4) is 0 Å². The largest absolute Gasteiger partial charge is 0.356 e. The third-order valence-electron chi connectivity index (χ3n) is 5.46. The molecule has 0 unspecified atom stereocenters. The Morgan fingerprint density at radius 2 is 1.65 bits per heavy atom. The highest BCUT2D eigenvalue weighted by molar-refractivity contribution is 6.14. The Balaban J connectivity index is 1.60. The van der Waals surface area contributed by atoms with Gasteiger partial charge in [0.1, 0.15) is 5.82 Å². The summed E-state index contributed by atoms with van der Waals surface area (Å²) in [5.74, 6) is -0.269. The fourth-order valence-electron chi connectivity index (χ4n) is 3.87. The van der Waals surface area contributed by atoms with Crippen LogP contribution in [0.5, 0.6) is 0 Å². The van der Waals surface area contributed by atoms with Crippen molar-refractivity contribution < 1.29 is 9.59 Å². The SMILES string of the molecule is CC(=O)N(C(=O)C1CCNCC1)c1cc(-c2cccc(Nc3ccccc3)c2)ccn1. The minimum absolute atomic E-state index is 0.158. The lowest BCUT2D eigenvalue weighted by Crippen LogP contribution is -2.43. The number of imide groups is 1. The monoisotopic (exact) mass is 414 g/mol. The van der Waals surface area contributed by atoms with Crippen molar-refractivity contribution in [3.8, 4) is 11.1 Å². The quantitative estimate of drug-likeness (QED) is 0.648. The maximum absolute atomic E-state index is 13.1. The number of hydrogen-bond acceptors (Lipinski definition) is 5. The van der Waals surface area contributed by atoms with E-state index in [1.165, 1.54) is 11.8 Å². The summed E-state index contributed by atoms with van der Waals surface area (Å²) in [5, 5.41) is 6.64. The smallest absolute Gasteiger partial charge is 0.238 e. The molecule has 6 nitrogen and oxygen atoms in total. The molecule has 31 heavy (non-hydrogen) atoms. The number of para-hydroxylation sites is 1. The molecule has 0 bridgehead atoms. The second-order valence-electron chi connectivity index (χ2n) is 7.69. The molecule has 2 aromatic carbocycles. The first-order chi connectivity index (χ1) is 15.1. The Morgan fingerprint density at radius 1 is 0.935 bits per heavy atom. The molecule has 0 atom stereocenters. The highest BCUT2D eigenvalue weighted by atomic mass is 16.2. The molecule has 158 valence electrons. The van der Waals surface area contributed by atoms with Gasteiger partial charge in [-0.2, -0.15) is 0 Å². The molecular weight excluding hydrogens is 388 g/mol. The molecule has 0 saturated carbocycles. The molecule has 2 heterocycles. The number of benzene rings is 2. The van der Waals surface area contributed by atoms with Crippen molar-refractivity contribution in [2.75, 3.05) is 23.3 Å². The molecule has 2 amide bonds. The van der Waals surface area contributed by atoms with Crippen molar-refractivity contribution in [2.24, 2.45) is 5.92 Å². The maximum atomic E-state index is 13.1. The van der Waals surface area contributed by atoms with Crippen molar-refractivity contribution >= 4 is 29.0 Å². The summed E-state index contributed by atoms with van der Waals surface area (Å²) in [7, 11) is 0. The van der Waals surface area contributed by atoms with E-state index in [2.05, 4.69) is 15.6 Å². The second-order valence-corrected chi connectivity index (χ2v) is 7.69. The number of nitrogens with one attached hydrogen (secondary N) is 2. The van der Waals surface area contributed by atoms with Gasteiger partial charge >= 0.3 is 0 Å². The van der Waals surface area contributed by atoms with E-state index < -0.39 is 0 Å². The summed E-state index contributed by atoms with van der Waals surface area (Å²) in [6.45, 7) is 2.99. The van der Waals surface area contributed by atoms with Crippen LogP contribution in [0.1, 0.15) is 19.8 Å². The van der Waals surface area contributed by atoms with Gasteiger partial charge < -0.3 is 10.6 Å². The second kappa shape index (κ2) is 9.53. The van der Waals surface area contributed by atoms with Gasteiger partial charge in [0, 0.05) is 30.4 Å². The minimum atomic E-state index is -0.312. The highest BCUT2D eigenvalue weighted by Crippen LogP contribution is 2.28. The number of anilines is 3. The van der Waals surface area contributed by atoms with E-state index >= 15 is 0 Å². The highest BCUT2D eigenvalue weighted by Gasteiger charge is 2.30. The van der Waals surface area contributed by atoms with Crippen LogP contribution in [-0.4, -0.2) is 29.9 Å². The molecule has 1 aliphatic rings. The first-order valence-electron chi connectivity index (χ1n) is 10.6. The Bertz CT molecular complexity index is 1060. The van der Waals surface area contributed by atoms with Crippen LogP contribution in [0.2, 0.25) is 0 Å². The molecule has 6 heteroatoms. The predicted octanol–water partition coefficient (Wildman–Crippen LogP) is 4.37. The number of hydrogen-bond donors (Lipinski definition) is 2. The van der Waals surface area contributed by atoms with Crippen LogP contribution < -0.4 is 15.5 Å². The van der Waals surface area contributed by atoms with E-state index in [0.29, 0.717) is 5.82 Å². The van der Waals surface area contributed by atoms with Gasteiger partial charge in [-0.1, -0.05) is 30.3 Å². The number of amides is 2. The van der Waals surface area contributed by atoms with Crippen LogP contribution in [0.25, 0.3) is 11.1 Å². The summed E-state index contributed by atoms with van der Waals surface area (Å²) < 4.78 is 0. The average Bonchev–Trinajstić information content (AvgIpc) is 2.80. The summed E-state index contributed by atoms with van der Waals surface area (Å²) in [6.07, 6.45) is 3.11. The third kappa shape index (κ3) is 4.98. The summed E-state index contributed by atoms with van der Waals surface area (Å²) >= 11 is 0. The van der Waals surface area contributed by atoms with Gasteiger partial charge in [-0.15, -0.1) is 0 Å². The Hall–Kier alpha value is -3.51. The molecule has 0 radical (unpaired) electrons. The zero-order chi connectivity index (χ0) is 21.6. The lowest BCUT2D eigenvalue weighted by molar-refractivity contribution is -0.128. The lowest BCUT2D eigenvalue weighted by atomic mass is 9.96. The summed E-state index contributed by atoms with van der Waals surface area (Å²) in [5.41, 5.74) is 3.83. The topological polar surface area (TPSA) is 74.3 Å². The Labute approximate surface area is 182 Å². The van der Waals surface area contributed by atoms with Crippen molar-refractivity contribution in [3.05, 3.63) is 72.9 Å². The van der Waals surface area contributed by atoms with Crippen molar-refractivity contribution in [1.82, 2.24) is 10.3 Å². The van der Waals surface area contributed by atoms with Crippen molar-refractivity contribution in [3.63, 3.8) is 0 Å². The number of aromatic nitrogens is 1. The summed E-state index contributed by atoms with van der Waals surface area (Å²) in [4.78, 5) is 31.0. The fraction of sp³-hybridized carbons (Fsp3) is 0.240. The van der Waals surface area contributed by atoms with E-state index in [0.717, 1.165) is 48.4 Å². The molecule has 1 saturated heterocycles. The van der Waals surface area contributed by atoms with Crippen molar-refractivity contribution in [2.45, 2.75) is 19.8 Å². The van der Waals surface area contributed by atoms with Gasteiger partial charge in [0.25, 0.3) is 0 Å². The van der Waals surface area contributed by atoms with Crippen molar-refractivity contribution in [1.29, 1.82) is 0 Å². The average molecular weight is 415 g/mol. The van der Waals surface area contributed by atoms with Gasteiger partial charge in [0.2, 0.25) is 11.8 Å². The van der Waals surface area contributed by atoms with Gasteiger partial charge in [-0.25, -0.2) is 9.88 Å². The number of carbonyl (C=O) groups is 2. The first kappa shape index (κ1) is 20.8. The van der Waals surface area contributed by atoms with E-state index in [9.17, 15) is 9.59 Å². The minimum Gasteiger partial charge on any atom is -0.356 e. The Morgan fingerprint density at radius 3 is 2.39 bits per heavy atom. The van der Waals surface area contributed by atoms with E-state index in [-0.39, 0.29) is 17.7 Å². The van der Waals surface area contributed by atoms with E-state index in [4.69, 9.17) is 0 Å². The van der Waals surface area contributed by atoms with Gasteiger partial charge in [-0.05, 0) is 73.5 Å². The molecule has 1 fully saturated rings. The Kier molecular flexibility index (Phi) is 6.38. The molecule has 4 rings (SSSR count). The molecule has 1 aliphatic heterocycles. The van der Waals surface area contributed by atoms with Gasteiger partial charge in [0.15, 0.2) is 0 Å². The van der Waals surface area contributed by atoms with E-state index in [1.807, 2.05) is 66.7 Å². The van der Waals surface area contributed by atoms with Crippen LogP contribution in [-0.2, 0) is 9.59 Å². The zero-order valence-corrected chi connectivity index (χ0v) is 17.5. The molecule has 0 spiro atoms. The van der Waals surface area contributed by atoms with Crippen LogP contribution in [0.4, 0.5) is 17.2 Å². The number of rotatable bonds is 5. The molecular formula is C25H26N4O2. The number of pyridine rings is 1. The first-order valence-corrected chi connectivity index (χ1v) is 10.6. The van der Waals surface area contributed by atoms with Crippen LogP contribution >= 0.6 is 0 Å². The number of piperidine rings is 1. The zero-order valence-electron chi connectivity index (χ0n) is 17.5. The fourth-order valence-corrected chi connectivity index (χ4v) is 3.87. The normalized spacial score (nSPS) is 14.1. The molecule has 3 aromatic rings. The molecule has 1 aromatic heterocycles. The lowest BCUT2D eigenvalue weighted by Gasteiger charge is -2.27. The third-order valence-corrected chi connectivity index (χ3v) is 5.46. The summed E-state index contributed by atoms with van der Waals surface area (Å²) in [6, 6.07) is 21.7.